The summed E-state index contributed by atoms with van der Waals surface area (Å²) in [5, 5.41) is 11.5. The maximum absolute atomic E-state index is 12.7. The number of carbonyl (C=O) groups is 1. The number of nitrogens with zero attached hydrogens (tertiary/aromatic N) is 1. The molecule has 2 atom stereocenters. The molecular formula is C20H29NO5. The number of amides is 1. The number of ether oxygens (including phenoxy) is 3. The summed E-state index contributed by atoms with van der Waals surface area (Å²) in [7, 11) is 1.61. The van der Waals surface area contributed by atoms with Gasteiger partial charge in [-0.2, -0.15) is 0 Å². The summed E-state index contributed by atoms with van der Waals surface area (Å²) in [5.41, 5.74) is 0.223. The van der Waals surface area contributed by atoms with Crippen molar-refractivity contribution in [3.05, 3.63) is 29.3 Å². The quantitative estimate of drug-likeness (QED) is 0.875. The molecule has 2 aliphatic heterocycles. The summed E-state index contributed by atoms with van der Waals surface area (Å²) in [4.78, 5) is 14.4. The van der Waals surface area contributed by atoms with Gasteiger partial charge in [0.05, 0.1) is 38.0 Å². The van der Waals surface area contributed by atoms with Gasteiger partial charge in [-0.15, -0.1) is 0 Å². The van der Waals surface area contributed by atoms with Crippen molar-refractivity contribution in [3.8, 4) is 5.75 Å². The normalized spacial score (nSPS) is 28.6. The van der Waals surface area contributed by atoms with Crippen LogP contribution in [0.15, 0.2) is 18.2 Å². The Labute approximate surface area is 155 Å². The third-order valence-electron chi connectivity index (χ3n) is 5.01. The van der Waals surface area contributed by atoms with E-state index >= 15 is 0 Å². The van der Waals surface area contributed by atoms with Gasteiger partial charge in [0.1, 0.15) is 11.4 Å². The molecular weight excluding hydrogens is 334 g/mol. The maximum Gasteiger partial charge on any atom is 0.410 e. The smallest absolute Gasteiger partial charge is 0.410 e. The summed E-state index contributed by atoms with van der Waals surface area (Å²) in [6, 6.07) is 5.36. The Morgan fingerprint density at radius 3 is 2.42 bits per heavy atom. The molecule has 0 saturated carbocycles. The summed E-state index contributed by atoms with van der Waals surface area (Å²) in [6.45, 7) is 8.35. The van der Waals surface area contributed by atoms with E-state index in [4.69, 9.17) is 14.2 Å². The number of rotatable bonds is 2. The first-order chi connectivity index (χ1) is 12.1. The van der Waals surface area contributed by atoms with Crippen molar-refractivity contribution in [2.24, 2.45) is 0 Å². The van der Waals surface area contributed by atoms with E-state index in [9.17, 15) is 9.90 Å². The number of carbonyl (C=O) groups excluding carboxylic acids is 1. The van der Waals surface area contributed by atoms with Gasteiger partial charge in [-0.05, 0) is 39.8 Å². The maximum atomic E-state index is 12.7. The van der Waals surface area contributed by atoms with Crippen LogP contribution in [0.3, 0.4) is 0 Å². The van der Waals surface area contributed by atoms with Gasteiger partial charge in [0.25, 0.3) is 0 Å². The first kappa shape index (κ1) is 19.0. The van der Waals surface area contributed by atoms with Gasteiger partial charge in [0.15, 0.2) is 0 Å². The third kappa shape index (κ3) is 3.67. The number of hydrogen-bond donors (Lipinski definition) is 1. The molecule has 0 radical (unpaired) electrons. The number of fused-ring (bicyclic) bond motifs is 2. The monoisotopic (exact) mass is 363 g/mol. The molecule has 6 heteroatoms. The van der Waals surface area contributed by atoms with E-state index in [-0.39, 0.29) is 18.2 Å². The summed E-state index contributed by atoms with van der Waals surface area (Å²) >= 11 is 0. The molecule has 2 bridgehead atoms. The number of methoxy groups -OCH3 is 1. The van der Waals surface area contributed by atoms with E-state index in [1.165, 1.54) is 0 Å². The van der Waals surface area contributed by atoms with Crippen molar-refractivity contribution in [2.45, 2.75) is 63.8 Å². The molecule has 2 unspecified atom stereocenters. The van der Waals surface area contributed by atoms with Crippen LogP contribution in [0, 0.1) is 6.92 Å². The van der Waals surface area contributed by atoms with Gasteiger partial charge >= 0.3 is 6.09 Å². The highest BCUT2D eigenvalue weighted by molar-refractivity contribution is 5.69. The van der Waals surface area contributed by atoms with E-state index in [1.54, 1.807) is 12.0 Å². The fourth-order valence-electron chi connectivity index (χ4n) is 3.99. The Kier molecular flexibility index (Phi) is 4.92. The molecule has 2 heterocycles. The molecule has 1 aromatic rings. The highest BCUT2D eigenvalue weighted by Gasteiger charge is 2.50. The standard InChI is InChI=1S/C20H29NO5/c1-13-6-7-17(24-5)16(8-13)20(23)9-14-11-25-12-15(10-20)21(14)18(22)26-19(2,3)4/h6-8,14-15,23H,9-12H2,1-5H3. The van der Waals surface area contributed by atoms with Gasteiger partial charge in [0.2, 0.25) is 0 Å². The average Bonchev–Trinajstić information content (AvgIpc) is 2.52. The topological polar surface area (TPSA) is 68.2 Å². The highest BCUT2D eigenvalue weighted by Crippen LogP contribution is 2.44. The van der Waals surface area contributed by atoms with Crippen molar-refractivity contribution in [2.75, 3.05) is 20.3 Å². The zero-order valence-electron chi connectivity index (χ0n) is 16.2. The van der Waals surface area contributed by atoms with Crippen LogP contribution in [0.4, 0.5) is 4.79 Å². The van der Waals surface area contributed by atoms with E-state index in [2.05, 4.69) is 0 Å². The summed E-state index contributed by atoms with van der Waals surface area (Å²) < 4.78 is 16.7. The number of morpholine rings is 1. The van der Waals surface area contributed by atoms with E-state index in [0.717, 1.165) is 11.1 Å². The number of aryl methyl sites for hydroxylation is 1. The Morgan fingerprint density at radius 2 is 1.88 bits per heavy atom. The van der Waals surface area contributed by atoms with E-state index < -0.39 is 11.2 Å². The molecule has 2 aliphatic rings. The number of hydrogen-bond acceptors (Lipinski definition) is 5. The molecule has 1 aromatic carbocycles. The van der Waals surface area contributed by atoms with Crippen molar-refractivity contribution in [1.82, 2.24) is 4.90 Å². The minimum Gasteiger partial charge on any atom is -0.496 e. The Balaban J connectivity index is 1.90. The molecule has 2 saturated heterocycles. The molecule has 0 aromatic heterocycles. The van der Waals surface area contributed by atoms with Crippen LogP contribution < -0.4 is 4.74 Å². The lowest BCUT2D eigenvalue weighted by Gasteiger charge is -2.51. The average molecular weight is 363 g/mol. The zero-order chi connectivity index (χ0) is 19.1. The van der Waals surface area contributed by atoms with Crippen LogP contribution in [-0.2, 0) is 15.1 Å². The molecule has 0 spiro atoms. The molecule has 0 aliphatic carbocycles. The number of piperidine rings is 1. The highest BCUT2D eigenvalue weighted by atomic mass is 16.6. The summed E-state index contributed by atoms with van der Waals surface area (Å²) in [5.74, 6) is 0.669. The van der Waals surface area contributed by atoms with Crippen LogP contribution in [0.5, 0.6) is 5.75 Å². The lowest BCUT2D eigenvalue weighted by Crippen LogP contribution is -2.63. The Morgan fingerprint density at radius 1 is 1.27 bits per heavy atom. The second-order valence-electron chi connectivity index (χ2n) is 8.38. The second kappa shape index (κ2) is 6.74. The molecule has 2 fully saturated rings. The molecule has 144 valence electrons. The lowest BCUT2D eigenvalue weighted by molar-refractivity contribution is -0.141. The zero-order valence-corrected chi connectivity index (χ0v) is 16.2. The Hall–Kier alpha value is -1.79. The molecule has 6 nitrogen and oxygen atoms in total. The summed E-state index contributed by atoms with van der Waals surface area (Å²) in [6.07, 6.45) is 0.444. The van der Waals surface area contributed by atoms with Crippen molar-refractivity contribution < 1.29 is 24.1 Å². The SMILES string of the molecule is COc1ccc(C)cc1C1(O)CC2COCC(C1)N2C(=O)OC(C)(C)C. The second-order valence-corrected chi connectivity index (χ2v) is 8.38. The van der Waals surface area contributed by atoms with Crippen LogP contribution >= 0.6 is 0 Å². The van der Waals surface area contributed by atoms with Crippen LogP contribution in [0.25, 0.3) is 0 Å². The van der Waals surface area contributed by atoms with Crippen molar-refractivity contribution >= 4 is 6.09 Å². The minimum atomic E-state index is -1.06. The van der Waals surface area contributed by atoms with E-state index in [1.807, 2.05) is 45.9 Å². The van der Waals surface area contributed by atoms with E-state index in [0.29, 0.717) is 31.8 Å². The van der Waals surface area contributed by atoms with Gasteiger partial charge in [0, 0.05) is 18.4 Å². The van der Waals surface area contributed by atoms with Gasteiger partial charge in [-0.1, -0.05) is 11.6 Å². The molecule has 1 amide bonds. The molecule has 26 heavy (non-hydrogen) atoms. The first-order valence-electron chi connectivity index (χ1n) is 9.09. The first-order valence-corrected chi connectivity index (χ1v) is 9.09. The lowest BCUT2D eigenvalue weighted by atomic mass is 9.76. The van der Waals surface area contributed by atoms with Gasteiger partial charge in [-0.25, -0.2) is 4.79 Å². The van der Waals surface area contributed by atoms with Crippen LogP contribution in [0.1, 0.15) is 44.7 Å². The molecule has 1 N–H and O–H groups in total. The minimum absolute atomic E-state index is 0.229. The Bertz CT molecular complexity index is 667. The number of aliphatic hydroxyl groups is 1. The van der Waals surface area contributed by atoms with Gasteiger partial charge < -0.3 is 19.3 Å². The fraction of sp³-hybridized carbons (Fsp3) is 0.650. The van der Waals surface area contributed by atoms with Crippen LogP contribution in [0.2, 0.25) is 0 Å². The van der Waals surface area contributed by atoms with Crippen molar-refractivity contribution in [1.29, 1.82) is 0 Å². The predicted octanol–water partition coefficient (Wildman–Crippen LogP) is 2.99. The molecule has 3 rings (SSSR count). The van der Waals surface area contributed by atoms with Gasteiger partial charge in [-0.3, -0.25) is 4.90 Å². The third-order valence-corrected chi connectivity index (χ3v) is 5.01. The van der Waals surface area contributed by atoms with Crippen molar-refractivity contribution in [3.63, 3.8) is 0 Å². The fourth-order valence-corrected chi connectivity index (χ4v) is 3.99. The largest absolute Gasteiger partial charge is 0.496 e. The predicted molar refractivity (Wildman–Crippen MR) is 97.3 cm³/mol. The number of benzene rings is 1. The van der Waals surface area contributed by atoms with Crippen LogP contribution in [-0.4, -0.2) is 54.1 Å².